The predicted octanol–water partition coefficient (Wildman–Crippen LogP) is 1.92. The molecule has 100 valence electrons. The molecule has 18 heavy (non-hydrogen) atoms. The molecule has 0 saturated heterocycles. The van der Waals surface area contributed by atoms with Crippen LogP contribution in [0.5, 0.6) is 5.75 Å². The van der Waals surface area contributed by atoms with Crippen molar-refractivity contribution in [3.63, 3.8) is 0 Å². The Morgan fingerprint density at radius 1 is 1.28 bits per heavy atom. The van der Waals surface area contributed by atoms with Gasteiger partial charge in [-0.3, -0.25) is 9.00 Å². The fraction of sp³-hybridized carbons (Fsp3) is 0.300. The van der Waals surface area contributed by atoms with E-state index in [4.69, 9.17) is 5.11 Å². The Hall–Kier alpha value is -1.57. The molecule has 1 aromatic carbocycles. The summed E-state index contributed by atoms with van der Waals surface area (Å²) in [4.78, 5) is 10.3. The zero-order chi connectivity index (χ0) is 13.8. The van der Waals surface area contributed by atoms with Crippen molar-refractivity contribution in [2.24, 2.45) is 0 Å². The first-order chi connectivity index (χ1) is 8.26. The Bertz CT molecular complexity index is 441. The van der Waals surface area contributed by atoms with Crippen molar-refractivity contribution in [2.75, 3.05) is 5.75 Å². The first kappa shape index (κ1) is 14.5. The van der Waals surface area contributed by atoms with Gasteiger partial charge in [0.25, 0.3) is 0 Å². The number of carboxylic acid groups (broad SMARTS) is 1. The molecule has 0 saturated carbocycles. The highest BCUT2D eigenvalue weighted by atomic mass is 32.2. The normalized spacial score (nSPS) is 13.1. The molecule has 0 aliphatic carbocycles. The van der Waals surface area contributed by atoms with Crippen molar-refractivity contribution < 1.29 is 32.0 Å². The molecule has 0 aliphatic rings. The minimum atomic E-state index is -4.76. The van der Waals surface area contributed by atoms with Gasteiger partial charge in [-0.2, -0.15) is 0 Å². The summed E-state index contributed by atoms with van der Waals surface area (Å²) in [6.07, 6.45) is -4.76. The van der Waals surface area contributed by atoms with Gasteiger partial charge in [0.15, 0.2) is 0 Å². The molecule has 0 radical (unpaired) electrons. The van der Waals surface area contributed by atoms with Crippen molar-refractivity contribution >= 4 is 16.8 Å². The van der Waals surface area contributed by atoms with Gasteiger partial charge in [-0.25, -0.2) is 0 Å². The zero-order valence-corrected chi connectivity index (χ0v) is 9.75. The molecule has 1 rings (SSSR count). The summed E-state index contributed by atoms with van der Waals surface area (Å²) in [5.74, 6) is -2.10. The number of carboxylic acids is 1. The van der Waals surface area contributed by atoms with Crippen LogP contribution in [0.2, 0.25) is 0 Å². The van der Waals surface area contributed by atoms with E-state index >= 15 is 0 Å². The molecule has 8 heteroatoms. The second-order valence-electron chi connectivity index (χ2n) is 3.31. The molecule has 1 unspecified atom stereocenters. The van der Waals surface area contributed by atoms with Crippen LogP contribution in [0.1, 0.15) is 5.56 Å². The largest absolute Gasteiger partial charge is 0.573 e. The maximum Gasteiger partial charge on any atom is 0.573 e. The van der Waals surface area contributed by atoms with Gasteiger partial charge < -0.3 is 9.84 Å². The third kappa shape index (κ3) is 5.67. The molecule has 0 spiro atoms. The third-order valence-electron chi connectivity index (χ3n) is 1.77. The summed E-state index contributed by atoms with van der Waals surface area (Å²) >= 11 is 0. The Labute approximate surface area is 103 Å². The smallest absolute Gasteiger partial charge is 0.481 e. The number of ether oxygens (including phenoxy) is 1. The highest BCUT2D eigenvalue weighted by Gasteiger charge is 2.30. The second kappa shape index (κ2) is 5.85. The van der Waals surface area contributed by atoms with E-state index in [1.54, 1.807) is 0 Å². The second-order valence-corrected chi connectivity index (χ2v) is 4.77. The molecule has 0 aliphatic heterocycles. The van der Waals surface area contributed by atoms with Gasteiger partial charge in [0.05, 0.1) is 0 Å². The van der Waals surface area contributed by atoms with Crippen molar-refractivity contribution in [1.29, 1.82) is 0 Å². The maximum absolute atomic E-state index is 11.9. The number of aliphatic carboxylic acids is 1. The van der Waals surface area contributed by atoms with Gasteiger partial charge in [0.1, 0.15) is 11.5 Å². The van der Waals surface area contributed by atoms with Crippen LogP contribution in [-0.4, -0.2) is 27.4 Å². The molecule has 4 nitrogen and oxygen atoms in total. The van der Waals surface area contributed by atoms with Crippen LogP contribution < -0.4 is 4.74 Å². The summed E-state index contributed by atoms with van der Waals surface area (Å²) in [5, 5.41) is 8.40. The molecule has 0 aromatic heterocycles. The van der Waals surface area contributed by atoms with E-state index in [0.717, 1.165) is 12.1 Å². The van der Waals surface area contributed by atoms with Gasteiger partial charge in [0.2, 0.25) is 0 Å². The Morgan fingerprint density at radius 2 is 1.83 bits per heavy atom. The van der Waals surface area contributed by atoms with Gasteiger partial charge in [-0.15, -0.1) is 13.2 Å². The quantitative estimate of drug-likeness (QED) is 0.896. The number of hydrogen-bond donors (Lipinski definition) is 1. The Morgan fingerprint density at radius 3 is 2.28 bits per heavy atom. The summed E-state index contributed by atoms with van der Waals surface area (Å²) in [5.41, 5.74) is 0.476. The monoisotopic (exact) mass is 282 g/mol. The summed E-state index contributed by atoms with van der Waals surface area (Å²) < 4.78 is 50.5. The molecule has 1 aromatic rings. The van der Waals surface area contributed by atoms with Crippen molar-refractivity contribution in [1.82, 2.24) is 0 Å². The summed E-state index contributed by atoms with van der Waals surface area (Å²) in [7, 11) is -1.59. The molecule has 0 fully saturated rings. The van der Waals surface area contributed by atoms with E-state index in [1.807, 2.05) is 0 Å². The predicted molar refractivity (Wildman–Crippen MR) is 57.5 cm³/mol. The fourth-order valence-electron chi connectivity index (χ4n) is 1.16. The highest BCUT2D eigenvalue weighted by Crippen LogP contribution is 2.22. The van der Waals surface area contributed by atoms with Crippen LogP contribution in [0.25, 0.3) is 0 Å². The van der Waals surface area contributed by atoms with Crippen LogP contribution in [0.3, 0.4) is 0 Å². The van der Waals surface area contributed by atoms with E-state index in [-0.39, 0.29) is 11.5 Å². The lowest BCUT2D eigenvalue weighted by atomic mass is 10.2. The van der Waals surface area contributed by atoms with Crippen LogP contribution in [0.15, 0.2) is 24.3 Å². The first-order valence-electron chi connectivity index (χ1n) is 4.68. The van der Waals surface area contributed by atoms with E-state index in [1.165, 1.54) is 12.1 Å². The molecular weight excluding hydrogens is 273 g/mol. The number of hydrogen-bond acceptors (Lipinski definition) is 3. The summed E-state index contributed by atoms with van der Waals surface area (Å²) in [6, 6.07) is 4.78. The Balaban J connectivity index is 2.60. The fourth-order valence-corrected chi connectivity index (χ4v) is 2.10. The zero-order valence-electron chi connectivity index (χ0n) is 8.94. The van der Waals surface area contributed by atoms with Crippen molar-refractivity contribution in [3.05, 3.63) is 29.8 Å². The van der Waals surface area contributed by atoms with Gasteiger partial charge in [0, 0.05) is 16.6 Å². The molecule has 0 heterocycles. The number of benzene rings is 1. The number of halogens is 3. The average Bonchev–Trinajstić information content (AvgIpc) is 2.17. The number of carbonyl (C=O) groups is 1. The molecular formula is C10H9F3O4S. The van der Waals surface area contributed by atoms with Crippen LogP contribution in [-0.2, 0) is 21.3 Å². The van der Waals surface area contributed by atoms with Crippen LogP contribution in [0.4, 0.5) is 13.2 Å². The maximum atomic E-state index is 11.9. The minimum absolute atomic E-state index is 0.0292. The highest BCUT2D eigenvalue weighted by molar-refractivity contribution is 7.84. The van der Waals surface area contributed by atoms with E-state index in [0.29, 0.717) is 5.56 Å². The minimum Gasteiger partial charge on any atom is -0.481 e. The third-order valence-corrected chi connectivity index (χ3v) is 2.99. The van der Waals surface area contributed by atoms with Crippen molar-refractivity contribution in [2.45, 2.75) is 12.1 Å². The molecule has 1 N–H and O–H groups in total. The lowest BCUT2D eigenvalue weighted by Gasteiger charge is -2.09. The molecule has 1 atom stereocenters. The van der Waals surface area contributed by atoms with Crippen LogP contribution in [0, 0.1) is 0 Å². The van der Waals surface area contributed by atoms with E-state index in [9.17, 15) is 22.2 Å². The standard InChI is InChI=1S/C10H9F3O4S/c11-10(12,13)17-8-3-1-7(2-4-8)5-18(16)6-9(14)15/h1-4H,5-6H2,(H,14,15). The van der Waals surface area contributed by atoms with Gasteiger partial charge in [-0.05, 0) is 17.7 Å². The van der Waals surface area contributed by atoms with Gasteiger partial charge >= 0.3 is 12.3 Å². The van der Waals surface area contributed by atoms with Crippen LogP contribution >= 0.6 is 0 Å². The van der Waals surface area contributed by atoms with Crippen molar-refractivity contribution in [3.8, 4) is 5.75 Å². The van der Waals surface area contributed by atoms with E-state index < -0.39 is 28.9 Å². The Kier molecular flexibility index (Phi) is 4.71. The average molecular weight is 282 g/mol. The van der Waals surface area contributed by atoms with Gasteiger partial charge in [-0.1, -0.05) is 12.1 Å². The molecule has 0 bridgehead atoms. The lowest BCUT2D eigenvalue weighted by Crippen LogP contribution is -2.17. The topological polar surface area (TPSA) is 63.6 Å². The molecule has 0 amide bonds. The number of alkyl halides is 3. The van der Waals surface area contributed by atoms with E-state index in [2.05, 4.69) is 4.74 Å². The first-order valence-corrected chi connectivity index (χ1v) is 6.16. The summed E-state index contributed by atoms with van der Waals surface area (Å²) in [6.45, 7) is 0. The SMILES string of the molecule is O=C(O)CS(=O)Cc1ccc(OC(F)(F)F)cc1. The lowest BCUT2D eigenvalue weighted by molar-refractivity contribution is -0.274. The number of rotatable bonds is 5.